The van der Waals surface area contributed by atoms with E-state index in [1.165, 1.54) is 12.1 Å². The van der Waals surface area contributed by atoms with Crippen LogP contribution in [0.3, 0.4) is 0 Å². The van der Waals surface area contributed by atoms with E-state index in [1.807, 2.05) is 20.8 Å². The van der Waals surface area contributed by atoms with Crippen molar-refractivity contribution >= 4 is 29.1 Å². The fourth-order valence-electron chi connectivity index (χ4n) is 1.58. The quantitative estimate of drug-likeness (QED) is 0.890. The Morgan fingerprint density at radius 3 is 2.60 bits per heavy atom. The number of hydrogen-bond donors (Lipinski definition) is 2. The highest BCUT2D eigenvalue weighted by molar-refractivity contribution is 6.31. The molecule has 1 heterocycles. The van der Waals surface area contributed by atoms with Crippen molar-refractivity contribution in [3.63, 3.8) is 0 Å². The highest BCUT2D eigenvalue weighted by Gasteiger charge is 2.10. The van der Waals surface area contributed by atoms with Gasteiger partial charge in [0.25, 0.3) is 0 Å². The van der Waals surface area contributed by atoms with Crippen LogP contribution in [-0.2, 0) is 0 Å². The average Bonchev–Trinajstić information content (AvgIpc) is 2.32. The number of aromatic nitrogens is 2. The van der Waals surface area contributed by atoms with Crippen LogP contribution in [0.25, 0.3) is 0 Å². The van der Waals surface area contributed by atoms with Gasteiger partial charge in [-0.2, -0.15) is 4.98 Å². The van der Waals surface area contributed by atoms with Crippen molar-refractivity contribution in [1.29, 1.82) is 0 Å². The predicted octanol–water partition coefficient (Wildman–Crippen LogP) is 4.22. The van der Waals surface area contributed by atoms with Crippen LogP contribution < -0.4 is 10.6 Å². The largest absolute Gasteiger partial charge is 0.365 e. The predicted molar refractivity (Wildman–Crippen MR) is 80.1 cm³/mol. The summed E-state index contributed by atoms with van der Waals surface area (Å²) in [6.07, 6.45) is 1.65. The van der Waals surface area contributed by atoms with Gasteiger partial charge in [-0.05, 0) is 45.0 Å². The molecular weight excluding hydrogens is 279 g/mol. The molecule has 0 spiro atoms. The van der Waals surface area contributed by atoms with Crippen molar-refractivity contribution in [1.82, 2.24) is 9.97 Å². The minimum absolute atomic E-state index is 0.0546. The molecule has 0 amide bonds. The lowest BCUT2D eigenvalue weighted by Crippen LogP contribution is -2.26. The monoisotopic (exact) mass is 294 g/mol. The summed E-state index contributed by atoms with van der Waals surface area (Å²) >= 11 is 5.73. The molecule has 0 bridgehead atoms. The first-order valence-electron chi connectivity index (χ1n) is 6.17. The van der Waals surface area contributed by atoms with Crippen molar-refractivity contribution in [3.8, 4) is 0 Å². The highest BCUT2D eigenvalue weighted by Crippen LogP contribution is 2.22. The maximum atomic E-state index is 13.1. The molecule has 0 fully saturated rings. The molecule has 20 heavy (non-hydrogen) atoms. The summed E-state index contributed by atoms with van der Waals surface area (Å²) < 4.78 is 13.1. The molecule has 106 valence electrons. The first-order valence-corrected chi connectivity index (χ1v) is 6.54. The van der Waals surface area contributed by atoms with Gasteiger partial charge in [0.2, 0.25) is 5.95 Å². The normalized spacial score (nSPS) is 11.2. The lowest BCUT2D eigenvalue weighted by atomic mass is 10.1. The Morgan fingerprint density at radius 2 is 1.95 bits per heavy atom. The summed E-state index contributed by atoms with van der Waals surface area (Å²) in [6.45, 7) is 6.13. The molecule has 0 saturated heterocycles. The van der Waals surface area contributed by atoms with E-state index in [0.717, 1.165) is 0 Å². The Bertz CT molecular complexity index is 610. The van der Waals surface area contributed by atoms with E-state index in [1.54, 1.807) is 18.3 Å². The molecule has 0 aliphatic rings. The second-order valence-electron chi connectivity index (χ2n) is 5.39. The minimum Gasteiger partial charge on any atom is -0.365 e. The zero-order valence-corrected chi connectivity index (χ0v) is 12.3. The van der Waals surface area contributed by atoms with Gasteiger partial charge in [-0.25, -0.2) is 9.37 Å². The second-order valence-corrected chi connectivity index (χ2v) is 5.80. The molecular formula is C14H16ClFN4. The molecule has 0 unspecified atom stereocenters. The zero-order chi connectivity index (χ0) is 14.8. The standard InChI is InChI=1S/C14H16ClFN4/c1-14(2,3)20-12-6-7-17-13(19-12)18-9-4-5-11(16)10(15)8-9/h4-8H,1-3H3,(H2,17,18,19,20). The van der Waals surface area contributed by atoms with Crippen molar-refractivity contribution in [2.24, 2.45) is 0 Å². The summed E-state index contributed by atoms with van der Waals surface area (Å²) in [5.74, 6) is 0.673. The van der Waals surface area contributed by atoms with Gasteiger partial charge in [0.1, 0.15) is 11.6 Å². The van der Waals surface area contributed by atoms with Gasteiger partial charge in [0, 0.05) is 17.4 Å². The molecule has 0 aliphatic carbocycles. The zero-order valence-electron chi connectivity index (χ0n) is 11.5. The summed E-state index contributed by atoms with van der Waals surface area (Å²) in [7, 11) is 0. The topological polar surface area (TPSA) is 49.8 Å². The Morgan fingerprint density at radius 1 is 1.20 bits per heavy atom. The summed E-state index contributed by atoms with van der Waals surface area (Å²) in [6, 6.07) is 6.15. The summed E-state index contributed by atoms with van der Waals surface area (Å²) in [5, 5.41) is 6.29. The molecule has 6 heteroatoms. The molecule has 2 N–H and O–H groups in total. The summed E-state index contributed by atoms with van der Waals surface area (Å²) in [5.41, 5.74) is 0.537. The van der Waals surface area contributed by atoms with Crippen molar-refractivity contribution < 1.29 is 4.39 Å². The maximum Gasteiger partial charge on any atom is 0.229 e. The number of anilines is 3. The average molecular weight is 295 g/mol. The SMILES string of the molecule is CC(C)(C)Nc1ccnc(Nc2ccc(F)c(Cl)c2)n1. The van der Waals surface area contributed by atoms with Crippen LogP contribution in [0.1, 0.15) is 20.8 Å². The van der Waals surface area contributed by atoms with Gasteiger partial charge in [-0.15, -0.1) is 0 Å². The molecule has 1 aromatic heterocycles. The number of nitrogens with one attached hydrogen (secondary N) is 2. The van der Waals surface area contributed by atoms with Gasteiger partial charge in [0.15, 0.2) is 0 Å². The number of nitrogens with zero attached hydrogens (tertiary/aromatic N) is 2. The van der Waals surface area contributed by atoms with Gasteiger partial charge in [-0.1, -0.05) is 11.6 Å². The van der Waals surface area contributed by atoms with Crippen LogP contribution in [0.15, 0.2) is 30.5 Å². The van der Waals surface area contributed by atoms with E-state index in [2.05, 4.69) is 20.6 Å². The van der Waals surface area contributed by atoms with Crippen molar-refractivity contribution in [3.05, 3.63) is 41.3 Å². The van der Waals surface area contributed by atoms with Gasteiger partial charge < -0.3 is 10.6 Å². The number of benzene rings is 1. The van der Waals surface area contributed by atoms with E-state index in [-0.39, 0.29) is 10.6 Å². The molecule has 2 aromatic rings. The molecule has 0 saturated carbocycles. The number of hydrogen-bond acceptors (Lipinski definition) is 4. The Hall–Kier alpha value is -1.88. The molecule has 4 nitrogen and oxygen atoms in total. The van der Waals surface area contributed by atoms with Crippen LogP contribution in [0, 0.1) is 5.82 Å². The van der Waals surface area contributed by atoms with Crippen LogP contribution in [0.4, 0.5) is 21.8 Å². The fourth-order valence-corrected chi connectivity index (χ4v) is 1.76. The van der Waals surface area contributed by atoms with Crippen molar-refractivity contribution in [2.75, 3.05) is 10.6 Å². The van der Waals surface area contributed by atoms with Gasteiger partial charge in [-0.3, -0.25) is 0 Å². The molecule has 0 atom stereocenters. The summed E-state index contributed by atoms with van der Waals surface area (Å²) in [4.78, 5) is 8.45. The Balaban J connectivity index is 2.17. The molecule has 0 radical (unpaired) electrons. The van der Waals surface area contributed by atoms with Crippen LogP contribution in [0.2, 0.25) is 5.02 Å². The second kappa shape index (κ2) is 5.63. The van der Waals surface area contributed by atoms with Crippen LogP contribution in [-0.4, -0.2) is 15.5 Å². The van der Waals surface area contributed by atoms with E-state index >= 15 is 0 Å². The van der Waals surface area contributed by atoms with Crippen LogP contribution in [0.5, 0.6) is 0 Å². The smallest absolute Gasteiger partial charge is 0.229 e. The van der Waals surface area contributed by atoms with Gasteiger partial charge >= 0.3 is 0 Å². The number of halogens is 2. The first kappa shape index (κ1) is 14.5. The molecule has 2 rings (SSSR count). The van der Waals surface area contributed by atoms with E-state index in [9.17, 15) is 4.39 Å². The first-order chi connectivity index (χ1) is 9.33. The third kappa shape index (κ3) is 4.06. The Labute approximate surface area is 122 Å². The van der Waals surface area contributed by atoms with Crippen molar-refractivity contribution in [2.45, 2.75) is 26.3 Å². The van der Waals surface area contributed by atoms with Gasteiger partial charge in [0.05, 0.1) is 5.02 Å². The van der Waals surface area contributed by atoms with E-state index in [4.69, 9.17) is 11.6 Å². The highest BCUT2D eigenvalue weighted by atomic mass is 35.5. The molecule has 1 aromatic carbocycles. The van der Waals surface area contributed by atoms with E-state index < -0.39 is 5.82 Å². The fraction of sp³-hybridized carbons (Fsp3) is 0.286. The minimum atomic E-state index is -0.457. The third-order valence-electron chi connectivity index (χ3n) is 2.33. The maximum absolute atomic E-state index is 13.1. The third-order valence-corrected chi connectivity index (χ3v) is 2.62. The Kier molecular flexibility index (Phi) is 4.09. The number of rotatable bonds is 3. The molecule has 0 aliphatic heterocycles. The lowest BCUT2D eigenvalue weighted by molar-refractivity contribution is 0.628. The lowest BCUT2D eigenvalue weighted by Gasteiger charge is -2.21. The van der Waals surface area contributed by atoms with Crippen LogP contribution >= 0.6 is 11.6 Å². The van der Waals surface area contributed by atoms with E-state index in [0.29, 0.717) is 17.5 Å².